The maximum Gasteiger partial charge on any atom is 0.256 e. The SMILES string of the molecule is [2H]C1([2H])c2ncccc2C(=O)N1Cc1c(F)cc(-c2cc(F)c3nn(C)cc3c2)cc1F. The van der Waals surface area contributed by atoms with Crippen LogP contribution in [-0.2, 0) is 20.1 Å². The Balaban J connectivity index is 1.53. The monoisotopic (exact) mass is 410 g/mol. The van der Waals surface area contributed by atoms with Crippen molar-refractivity contribution in [3.8, 4) is 11.1 Å². The highest BCUT2D eigenvalue weighted by Crippen LogP contribution is 2.30. The Morgan fingerprint density at radius 3 is 2.53 bits per heavy atom. The molecule has 30 heavy (non-hydrogen) atoms. The van der Waals surface area contributed by atoms with E-state index in [9.17, 15) is 18.0 Å². The Morgan fingerprint density at radius 2 is 1.80 bits per heavy atom. The van der Waals surface area contributed by atoms with E-state index in [0.717, 1.165) is 23.1 Å². The number of halogens is 3. The molecule has 1 aliphatic rings. The molecule has 0 fully saturated rings. The van der Waals surface area contributed by atoms with Gasteiger partial charge in [-0.1, -0.05) is 0 Å². The Hall–Kier alpha value is -3.68. The first-order chi connectivity index (χ1) is 15.2. The molecule has 0 radical (unpaired) electrons. The average Bonchev–Trinajstić information content (AvgIpc) is 3.21. The average molecular weight is 410 g/mol. The highest BCUT2D eigenvalue weighted by atomic mass is 19.1. The van der Waals surface area contributed by atoms with Gasteiger partial charge < -0.3 is 4.90 Å². The molecule has 8 heteroatoms. The first kappa shape index (κ1) is 16.2. The molecule has 1 aliphatic heterocycles. The van der Waals surface area contributed by atoms with Gasteiger partial charge in [-0.15, -0.1) is 0 Å². The third-order valence-electron chi connectivity index (χ3n) is 4.99. The largest absolute Gasteiger partial charge is 0.328 e. The summed E-state index contributed by atoms with van der Waals surface area (Å²) in [7, 11) is 1.64. The van der Waals surface area contributed by atoms with Gasteiger partial charge in [-0.2, -0.15) is 5.10 Å². The molecule has 3 heterocycles. The molecule has 2 aromatic carbocycles. The second-order valence-electron chi connectivity index (χ2n) is 7.02. The number of hydrogen-bond donors (Lipinski definition) is 0. The summed E-state index contributed by atoms with van der Waals surface area (Å²) in [4.78, 5) is 17.3. The van der Waals surface area contributed by atoms with Crippen molar-refractivity contribution in [3.63, 3.8) is 0 Å². The predicted octanol–water partition coefficient (Wildman–Crippen LogP) is 4.21. The second-order valence-corrected chi connectivity index (χ2v) is 7.02. The minimum atomic E-state index is -2.32. The van der Waals surface area contributed by atoms with E-state index < -0.39 is 42.0 Å². The Labute approximate surface area is 172 Å². The maximum atomic E-state index is 15.0. The van der Waals surface area contributed by atoms with Crippen LogP contribution >= 0.6 is 0 Å². The van der Waals surface area contributed by atoms with Gasteiger partial charge in [-0.3, -0.25) is 14.5 Å². The molecule has 0 saturated heterocycles. The van der Waals surface area contributed by atoms with E-state index in [1.165, 1.54) is 23.0 Å². The Morgan fingerprint density at radius 1 is 1.10 bits per heavy atom. The van der Waals surface area contributed by atoms with Crippen molar-refractivity contribution in [2.45, 2.75) is 13.0 Å². The first-order valence-corrected chi connectivity index (χ1v) is 9.05. The van der Waals surface area contributed by atoms with Gasteiger partial charge in [-0.05, 0) is 47.5 Å². The summed E-state index contributed by atoms with van der Waals surface area (Å²) in [5.41, 5.74) is 0.00185. The quantitative estimate of drug-likeness (QED) is 0.509. The Kier molecular flexibility index (Phi) is 3.60. The molecule has 0 spiro atoms. The molecular formula is C22H15F3N4O. The van der Waals surface area contributed by atoms with E-state index in [1.54, 1.807) is 19.3 Å². The minimum absolute atomic E-state index is 0.0511. The van der Waals surface area contributed by atoms with Gasteiger partial charge in [-0.25, -0.2) is 13.2 Å². The van der Waals surface area contributed by atoms with Crippen LogP contribution in [0, 0.1) is 17.5 Å². The number of fused-ring (bicyclic) bond motifs is 2. The highest BCUT2D eigenvalue weighted by Gasteiger charge is 2.29. The summed E-state index contributed by atoms with van der Waals surface area (Å²) < 4.78 is 62.2. The molecule has 1 amide bonds. The molecule has 5 rings (SSSR count). The third kappa shape index (κ3) is 2.92. The van der Waals surface area contributed by atoms with Crippen molar-refractivity contribution < 1.29 is 20.7 Å². The number of benzene rings is 2. The van der Waals surface area contributed by atoms with Crippen molar-refractivity contribution in [2.75, 3.05) is 0 Å². The van der Waals surface area contributed by atoms with Gasteiger partial charge >= 0.3 is 0 Å². The summed E-state index contributed by atoms with van der Waals surface area (Å²) in [5, 5.41) is 4.49. The third-order valence-corrected chi connectivity index (χ3v) is 4.99. The summed E-state index contributed by atoms with van der Waals surface area (Å²) >= 11 is 0. The van der Waals surface area contributed by atoms with Crippen LogP contribution in [0.25, 0.3) is 22.0 Å². The number of nitrogens with zero attached hydrogens (tertiary/aromatic N) is 4. The smallest absolute Gasteiger partial charge is 0.256 e. The lowest BCUT2D eigenvalue weighted by atomic mass is 10.0. The molecule has 150 valence electrons. The van der Waals surface area contributed by atoms with Crippen LogP contribution in [0.4, 0.5) is 13.2 Å². The Bertz CT molecular complexity index is 1400. The van der Waals surface area contributed by atoms with Crippen molar-refractivity contribution in [1.82, 2.24) is 19.7 Å². The summed E-state index contributed by atoms with van der Waals surface area (Å²) in [6.45, 7) is -2.95. The van der Waals surface area contributed by atoms with Crippen molar-refractivity contribution in [1.29, 1.82) is 0 Å². The lowest BCUT2D eigenvalue weighted by Crippen LogP contribution is -2.24. The van der Waals surface area contributed by atoms with Crippen LogP contribution in [0.5, 0.6) is 0 Å². The van der Waals surface area contributed by atoms with Crippen LogP contribution in [0.15, 0.2) is 48.8 Å². The van der Waals surface area contributed by atoms with Gasteiger partial charge in [0.15, 0.2) is 5.82 Å². The number of pyridine rings is 1. The zero-order valence-electron chi connectivity index (χ0n) is 17.7. The summed E-state index contributed by atoms with van der Waals surface area (Å²) in [5.74, 6) is -3.27. The van der Waals surface area contributed by atoms with E-state index in [1.807, 2.05) is 0 Å². The summed E-state index contributed by atoms with van der Waals surface area (Å²) in [6, 6.07) is 7.71. The minimum Gasteiger partial charge on any atom is -0.328 e. The molecular weight excluding hydrogens is 393 g/mol. The summed E-state index contributed by atoms with van der Waals surface area (Å²) in [6.07, 6.45) is 2.94. The fraction of sp³-hybridized carbons (Fsp3) is 0.136. The topological polar surface area (TPSA) is 51.0 Å². The lowest BCUT2D eigenvalue weighted by molar-refractivity contribution is 0.0763. The van der Waals surface area contributed by atoms with Crippen LogP contribution in [-0.4, -0.2) is 25.6 Å². The molecule has 2 aromatic heterocycles. The molecule has 4 aromatic rings. The van der Waals surface area contributed by atoms with Crippen LogP contribution in [0.3, 0.4) is 0 Å². The molecule has 0 saturated carbocycles. The molecule has 0 atom stereocenters. The molecule has 0 bridgehead atoms. The predicted molar refractivity (Wildman–Crippen MR) is 104 cm³/mol. The molecule has 0 N–H and O–H groups in total. The molecule has 0 unspecified atom stereocenters. The van der Waals surface area contributed by atoms with Crippen LogP contribution < -0.4 is 0 Å². The normalized spacial score (nSPS) is 16.0. The number of carbonyl (C=O) groups is 1. The van der Waals surface area contributed by atoms with Gasteiger partial charge in [0, 0.05) is 30.4 Å². The fourth-order valence-electron chi connectivity index (χ4n) is 3.56. The van der Waals surface area contributed by atoms with Crippen LogP contribution in [0.2, 0.25) is 0 Å². The number of carbonyl (C=O) groups excluding carboxylic acids is 1. The lowest BCUT2D eigenvalue weighted by Gasteiger charge is -2.17. The van der Waals surface area contributed by atoms with E-state index in [4.69, 9.17) is 2.74 Å². The van der Waals surface area contributed by atoms with E-state index in [-0.39, 0.29) is 27.9 Å². The maximum absolute atomic E-state index is 15.0. The van der Waals surface area contributed by atoms with Crippen molar-refractivity contribution in [3.05, 3.63) is 83.1 Å². The highest BCUT2D eigenvalue weighted by molar-refractivity contribution is 5.97. The second kappa shape index (κ2) is 6.69. The van der Waals surface area contributed by atoms with Crippen LogP contribution in [0.1, 0.15) is 24.4 Å². The van der Waals surface area contributed by atoms with Crippen molar-refractivity contribution in [2.24, 2.45) is 7.05 Å². The number of aryl methyl sites for hydroxylation is 1. The van der Waals surface area contributed by atoms with E-state index >= 15 is 0 Å². The number of rotatable bonds is 3. The van der Waals surface area contributed by atoms with Gasteiger partial charge in [0.25, 0.3) is 5.91 Å². The number of amides is 1. The van der Waals surface area contributed by atoms with E-state index in [0.29, 0.717) is 5.39 Å². The van der Waals surface area contributed by atoms with E-state index in [2.05, 4.69) is 10.1 Å². The van der Waals surface area contributed by atoms with Gasteiger partial charge in [0.1, 0.15) is 17.2 Å². The zero-order valence-corrected chi connectivity index (χ0v) is 15.7. The zero-order chi connectivity index (χ0) is 22.8. The van der Waals surface area contributed by atoms with Crippen molar-refractivity contribution >= 4 is 16.8 Å². The first-order valence-electron chi connectivity index (χ1n) is 10.1. The van der Waals surface area contributed by atoms with Gasteiger partial charge in [0.05, 0.1) is 27.0 Å². The molecule has 0 aliphatic carbocycles. The molecule has 5 nitrogen and oxygen atoms in total. The number of aromatic nitrogens is 3. The van der Waals surface area contributed by atoms with Gasteiger partial charge in [0.2, 0.25) is 0 Å². The number of hydrogen-bond acceptors (Lipinski definition) is 3. The fourth-order valence-corrected chi connectivity index (χ4v) is 3.56. The standard InChI is InChI=1S/C22H15F3N4O/c1-28-9-14-5-12(8-19(25)21(14)27-28)13-6-17(23)16(18(24)7-13)10-29-11-20-15(22(29)30)3-2-4-26-20/h2-9H,10-11H2,1H3/i11D2.